The van der Waals surface area contributed by atoms with E-state index in [1.807, 2.05) is 0 Å². The van der Waals surface area contributed by atoms with Gasteiger partial charge in [-0.2, -0.15) is 0 Å². The summed E-state index contributed by atoms with van der Waals surface area (Å²) in [4.78, 5) is 26.0. The first-order valence-corrected chi connectivity index (χ1v) is 21.1. The predicted octanol–water partition coefficient (Wildman–Crippen LogP) is 5.97. The van der Waals surface area contributed by atoms with Gasteiger partial charge in [-0.3, -0.25) is 4.79 Å². The van der Waals surface area contributed by atoms with Crippen molar-refractivity contribution in [3.8, 4) is 0 Å². The number of carboxylic acids is 2. The lowest BCUT2D eigenvalue weighted by Crippen LogP contribution is -2.75. The number of aliphatic carboxylic acids is 2. The summed E-state index contributed by atoms with van der Waals surface area (Å²) >= 11 is 0. The molecule has 0 aromatic carbocycles. The van der Waals surface area contributed by atoms with Crippen LogP contribution in [-0.4, -0.2) is 88.0 Å². The second-order valence-corrected chi connectivity index (χ2v) is 21.2. The highest BCUT2D eigenvalue weighted by Gasteiger charge is 2.80. The highest BCUT2D eigenvalue weighted by atomic mass is 16.7. The van der Waals surface area contributed by atoms with E-state index in [4.69, 9.17) is 14.2 Å². The molecular weight excluding hydrogens is 688 g/mol. The van der Waals surface area contributed by atoms with Crippen LogP contribution in [0.15, 0.2) is 23.8 Å². The molecule has 54 heavy (non-hydrogen) atoms. The highest BCUT2D eigenvalue weighted by molar-refractivity contribution is 5.79. The lowest BCUT2D eigenvalue weighted by atomic mass is 9.24. The molecule has 18 atom stereocenters. The number of hydrogen-bond donors (Lipinski definition) is 5. The van der Waals surface area contributed by atoms with Gasteiger partial charge in [-0.05, 0) is 127 Å². The van der Waals surface area contributed by atoms with Crippen molar-refractivity contribution in [3.05, 3.63) is 23.8 Å². The molecule has 1 aliphatic heterocycles. The van der Waals surface area contributed by atoms with E-state index in [0.717, 1.165) is 70.6 Å². The van der Waals surface area contributed by atoms with Crippen LogP contribution in [0.3, 0.4) is 0 Å². The van der Waals surface area contributed by atoms with Gasteiger partial charge in [-0.1, -0.05) is 64.8 Å². The molecule has 0 aromatic heterocycles. The van der Waals surface area contributed by atoms with Gasteiger partial charge in [0.15, 0.2) is 12.4 Å². The molecule has 1 heterocycles. The van der Waals surface area contributed by atoms with Crippen LogP contribution in [0.4, 0.5) is 0 Å². The molecule has 300 valence electrons. The average molecular weight is 753 g/mol. The Balaban J connectivity index is 1.15. The number of carbonyl (C=O) groups is 2. The molecule has 9 rings (SSSR count). The zero-order chi connectivity index (χ0) is 38.6. The van der Waals surface area contributed by atoms with Crippen molar-refractivity contribution < 1.29 is 49.3 Å². The van der Waals surface area contributed by atoms with Crippen LogP contribution < -0.4 is 0 Å². The minimum Gasteiger partial charge on any atom is -0.481 e. The Labute approximate surface area is 320 Å². The molecule has 8 aliphatic carbocycles. The van der Waals surface area contributed by atoms with Crippen LogP contribution in [0.2, 0.25) is 0 Å². The largest absolute Gasteiger partial charge is 0.481 e. The van der Waals surface area contributed by atoms with Gasteiger partial charge in [0.25, 0.3) is 0 Å². The van der Waals surface area contributed by atoms with E-state index in [1.54, 1.807) is 7.11 Å². The van der Waals surface area contributed by atoms with Crippen LogP contribution in [0.25, 0.3) is 0 Å². The number of allylic oxidation sites excluding steroid dienone is 4. The fourth-order valence-corrected chi connectivity index (χ4v) is 17.2. The van der Waals surface area contributed by atoms with Crippen molar-refractivity contribution in [2.45, 2.75) is 148 Å². The first-order chi connectivity index (χ1) is 25.4. The minimum absolute atomic E-state index is 0.000623. The van der Waals surface area contributed by atoms with Crippen molar-refractivity contribution in [1.29, 1.82) is 0 Å². The van der Waals surface area contributed by atoms with Crippen molar-refractivity contribution in [1.82, 2.24) is 0 Å². The Morgan fingerprint density at radius 2 is 1.69 bits per heavy atom. The number of rotatable bonds is 6. The summed E-state index contributed by atoms with van der Waals surface area (Å²) in [6.07, 6.45) is 10.6. The molecular formula is C44H64O10. The van der Waals surface area contributed by atoms with Gasteiger partial charge in [0.1, 0.15) is 18.3 Å². The van der Waals surface area contributed by atoms with Crippen LogP contribution >= 0.6 is 0 Å². The summed E-state index contributed by atoms with van der Waals surface area (Å²) in [5.41, 5.74) is -0.375. The summed E-state index contributed by atoms with van der Waals surface area (Å²) in [5.74, 6) is -0.257. The summed E-state index contributed by atoms with van der Waals surface area (Å²) in [6.45, 7) is 12.6. The van der Waals surface area contributed by atoms with Crippen molar-refractivity contribution in [3.63, 3.8) is 0 Å². The summed E-state index contributed by atoms with van der Waals surface area (Å²) in [7, 11) is 1.73. The fourth-order valence-electron chi connectivity index (χ4n) is 17.2. The lowest BCUT2D eigenvalue weighted by molar-refractivity contribution is -0.338. The van der Waals surface area contributed by atoms with Crippen molar-refractivity contribution in [2.75, 3.05) is 13.7 Å². The number of fused-ring (bicyclic) bond motifs is 1. The minimum atomic E-state index is -1.76. The van der Waals surface area contributed by atoms with Gasteiger partial charge < -0.3 is 39.7 Å². The second kappa shape index (κ2) is 11.9. The Bertz CT molecular complexity index is 1660. The number of hydrogen-bond acceptors (Lipinski definition) is 8. The molecule has 5 N–H and O–H groups in total. The number of carboxylic acid groups (broad SMARTS) is 2. The molecule has 9 aliphatic rings. The smallest absolute Gasteiger partial charge is 0.335 e. The zero-order valence-electron chi connectivity index (χ0n) is 33.1. The summed E-state index contributed by atoms with van der Waals surface area (Å²) in [5, 5.41) is 53.3. The molecule has 0 radical (unpaired) electrons. The topological polar surface area (TPSA) is 163 Å². The van der Waals surface area contributed by atoms with E-state index in [2.05, 4.69) is 52.8 Å². The Hall–Kier alpha value is -1.82. The van der Waals surface area contributed by atoms with Crippen LogP contribution in [0.1, 0.15) is 112 Å². The molecule has 2 spiro atoms. The number of methoxy groups -OCH3 is 1. The normalized spacial score (nSPS) is 56.4. The predicted molar refractivity (Wildman–Crippen MR) is 198 cm³/mol. The third-order valence-corrected chi connectivity index (χ3v) is 19.1. The standard InChI is InChI=1S/C44H64O10/c1-38(2)27-18-25-9-7-13-42-15-16-44(37(50)51)26(21-52-6)20-39(3)12-8-14-43(44,22-39)28(42)17-23-10-11-24(40(27,4)34(23)41(25,42)5)19-29(38)53-36-32(47)30(45)31(46)33(54-36)35(48)49/h8,14,17,23-27,29-34,36,45-47H,7,9-13,15-16,18-22H2,1-6H3,(H,48,49)(H,50,51)/t23-,24+,25+,26-,27-,29-,30-,31-,32+,33-,34+,36+,39-,40-,41+,42+,43-,44-/m0/s1. The Morgan fingerprint density at radius 3 is 2.39 bits per heavy atom. The maximum absolute atomic E-state index is 14.0. The van der Waals surface area contributed by atoms with Gasteiger partial charge in [-0.25, -0.2) is 4.79 Å². The van der Waals surface area contributed by atoms with E-state index < -0.39 is 53.5 Å². The lowest BCUT2D eigenvalue weighted by Gasteiger charge is -2.80. The van der Waals surface area contributed by atoms with E-state index >= 15 is 0 Å². The number of ether oxygens (including phenoxy) is 3. The van der Waals surface area contributed by atoms with Gasteiger partial charge in [0, 0.05) is 18.4 Å². The zero-order valence-corrected chi connectivity index (χ0v) is 33.1. The van der Waals surface area contributed by atoms with E-state index in [0.29, 0.717) is 36.7 Å². The molecule has 0 aromatic rings. The number of aliphatic hydroxyl groups is 3. The average Bonchev–Trinajstić information content (AvgIpc) is 3.09. The maximum atomic E-state index is 14.0. The van der Waals surface area contributed by atoms with E-state index in [-0.39, 0.29) is 45.0 Å². The van der Waals surface area contributed by atoms with Crippen molar-refractivity contribution in [2.24, 2.45) is 73.4 Å². The van der Waals surface area contributed by atoms with Crippen LogP contribution in [-0.2, 0) is 23.8 Å². The quantitative estimate of drug-likeness (QED) is 0.162. The maximum Gasteiger partial charge on any atom is 0.335 e. The van der Waals surface area contributed by atoms with Gasteiger partial charge >= 0.3 is 11.9 Å². The monoisotopic (exact) mass is 752 g/mol. The molecule has 6 saturated carbocycles. The first kappa shape index (κ1) is 37.7. The van der Waals surface area contributed by atoms with Crippen LogP contribution in [0, 0.1) is 73.4 Å². The molecule has 7 fully saturated rings. The summed E-state index contributed by atoms with van der Waals surface area (Å²) < 4.78 is 18.2. The molecule has 0 unspecified atom stereocenters. The first-order valence-electron chi connectivity index (χ1n) is 21.1. The third-order valence-electron chi connectivity index (χ3n) is 19.1. The summed E-state index contributed by atoms with van der Waals surface area (Å²) in [6, 6.07) is 0. The molecule has 10 heteroatoms. The van der Waals surface area contributed by atoms with Gasteiger partial charge in [0.05, 0.1) is 18.1 Å². The van der Waals surface area contributed by atoms with Crippen molar-refractivity contribution >= 4 is 11.9 Å². The second-order valence-electron chi connectivity index (χ2n) is 21.2. The highest BCUT2D eigenvalue weighted by Crippen LogP contribution is 2.85. The molecule has 10 nitrogen and oxygen atoms in total. The van der Waals surface area contributed by atoms with Gasteiger partial charge in [0.2, 0.25) is 0 Å². The van der Waals surface area contributed by atoms with Crippen LogP contribution in [0.5, 0.6) is 0 Å². The fraction of sp³-hybridized carbons (Fsp3) is 0.864. The molecule has 2 bridgehead atoms. The molecule has 0 amide bonds. The SMILES string of the molecule is COC[C@@H]1C[C@]2(C)CC=C[C@]3(C2)C2=C[C@@H]4CC[C@@H]5C[C@H](O[C@@H]6O[C@H](C(=O)O)[C@@H](O)[C@H](O)[C@H]6O)C(C)(C)[C@@H]6C[C@H]7CCC[C@]2(CC[C@@]13C(=O)O)[C@@]7(C)[C@H]4[C@@]56C. The van der Waals surface area contributed by atoms with E-state index in [9.17, 15) is 35.1 Å². The van der Waals surface area contributed by atoms with Gasteiger partial charge in [-0.15, -0.1) is 0 Å². The Kier molecular flexibility index (Phi) is 8.30. The Morgan fingerprint density at radius 1 is 0.926 bits per heavy atom. The third kappa shape index (κ3) is 4.34. The molecule has 1 saturated heterocycles. The number of aliphatic hydroxyl groups excluding tert-OH is 3. The van der Waals surface area contributed by atoms with E-state index in [1.165, 1.54) is 5.57 Å².